The Hall–Kier alpha value is -4.04. The monoisotopic (exact) mass is 447 g/mol. The van der Waals surface area contributed by atoms with Crippen molar-refractivity contribution in [1.82, 2.24) is 19.5 Å². The van der Waals surface area contributed by atoms with Gasteiger partial charge in [-0.25, -0.2) is 9.78 Å². The van der Waals surface area contributed by atoms with Crippen LogP contribution in [0.1, 0.15) is 18.5 Å². The van der Waals surface area contributed by atoms with Crippen LogP contribution in [0.2, 0.25) is 0 Å². The second-order valence-electron chi connectivity index (χ2n) is 8.37. The van der Waals surface area contributed by atoms with Crippen molar-refractivity contribution < 1.29 is 9.53 Å². The number of rotatable bonds is 6. The number of nitrogens with one attached hydrogen (secondary N) is 2. The average molecular weight is 448 g/mol. The lowest BCUT2D eigenvalue weighted by Crippen LogP contribution is -2.44. The molecule has 3 aromatic rings. The molecule has 0 bridgehead atoms. The first-order chi connectivity index (χ1) is 16.0. The van der Waals surface area contributed by atoms with Crippen LogP contribution in [-0.4, -0.2) is 64.9 Å². The van der Waals surface area contributed by atoms with Crippen molar-refractivity contribution in [3.63, 3.8) is 0 Å². The second-order valence-corrected chi connectivity index (χ2v) is 8.37. The van der Waals surface area contributed by atoms with E-state index in [4.69, 9.17) is 10.5 Å². The SMILES string of the molecule is CN1CCN(c2ccc(Nc3cc(NC4CC4)c4ncc(C#N)n4n3)cc2OC(N)=O)CC1. The maximum Gasteiger partial charge on any atom is 0.410 e. The van der Waals surface area contributed by atoms with Crippen LogP contribution in [0.25, 0.3) is 5.65 Å². The van der Waals surface area contributed by atoms with E-state index in [0.29, 0.717) is 34.6 Å². The number of ether oxygens (including phenoxy) is 1. The van der Waals surface area contributed by atoms with E-state index in [2.05, 4.69) is 43.6 Å². The number of fused-ring (bicyclic) bond motifs is 1. The lowest BCUT2D eigenvalue weighted by atomic mass is 10.2. The van der Waals surface area contributed by atoms with Crippen LogP contribution in [0, 0.1) is 11.3 Å². The van der Waals surface area contributed by atoms with Gasteiger partial charge in [-0.05, 0) is 32.0 Å². The molecule has 1 aliphatic carbocycles. The van der Waals surface area contributed by atoms with Crippen LogP contribution in [0.4, 0.5) is 27.7 Å². The molecule has 3 heterocycles. The summed E-state index contributed by atoms with van der Waals surface area (Å²) in [5.41, 5.74) is 8.57. The van der Waals surface area contributed by atoms with Gasteiger partial charge in [-0.2, -0.15) is 9.78 Å². The van der Waals surface area contributed by atoms with Crippen molar-refractivity contribution in [3.05, 3.63) is 36.2 Å². The van der Waals surface area contributed by atoms with Gasteiger partial charge in [-0.15, -0.1) is 5.10 Å². The molecule has 11 heteroatoms. The Morgan fingerprint density at radius 2 is 2.03 bits per heavy atom. The molecule has 1 saturated heterocycles. The Kier molecular flexibility index (Phi) is 5.35. The third kappa shape index (κ3) is 4.47. The number of hydrogen-bond acceptors (Lipinski definition) is 9. The number of amides is 1. The van der Waals surface area contributed by atoms with Gasteiger partial charge >= 0.3 is 6.09 Å². The molecular weight excluding hydrogens is 422 g/mol. The van der Waals surface area contributed by atoms with E-state index in [1.165, 1.54) is 10.7 Å². The molecule has 170 valence electrons. The predicted molar refractivity (Wildman–Crippen MR) is 124 cm³/mol. The number of carbonyl (C=O) groups is 1. The number of anilines is 4. The fourth-order valence-electron chi connectivity index (χ4n) is 3.90. The summed E-state index contributed by atoms with van der Waals surface area (Å²) in [5, 5.41) is 20.7. The van der Waals surface area contributed by atoms with Crippen molar-refractivity contribution in [3.8, 4) is 11.8 Å². The van der Waals surface area contributed by atoms with E-state index in [0.717, 1.165) is 50.4 Å². The van der Waals surface area contributed by atoms with Gasteiger partial charge in [0.25, 0.3) is 0 Å². The van der Waals surface area contributed by atoms with Crippen LogP contribution in [0.15, 0.2) is 30.5 Å². The normalized spacial score (nSPS) is 16.4. The molecule has 2 aliphatic rings. The molecule has 2 aromatic heterocycles. The topological polar surface area (TPSA) is 137 Å². The van der Waals surface area contributed by atoms with Gasteiger partial charge in [0, 0.05) is 50.0 Å². The number of hydrogen-bond donors (Lipinski definition) is 3. The number of primary amides is 1. The quantitative estimate of drug-likeness (QED) is 0.519. The largest absolute Gasteiger partial charge is 0.410 e. The Balaban J connectivity index is 1.47. The van der Waals surface area contributed by atoms with E-state index >= 15 is 0 Å². The van der Waals surface area contributed by atoms with Crippen LogP contribution in [0.3, 0.4) is 0 Å². The van der Waals surface area contributed by atoms with Crippen LogP contribution >= 0.6 is 0 Å². The van der Waals surface area contributed by atoms with Gasteiger partial charge < -0.3 is 30.9 Å². The highest BCUT2D eigenvalue weighted by Gasteiger charge is 2.24. The lowest BCUT2D eigenvalue weighted by Gasteiger charge is -2.34. The summed E-state index contributed by atoms with van der Waals surface area (Å²) in [4.78, 5) is 20.3. The highest BCUT2D eigenvalue weighted by Crippen LogP contribution is 2.34. The Morgan fingerprint density at radius 3 is 2.73 bits per heavy atom. The standard InChI is InChI=1S/C22H25N9O2/c1-29-6-8-30(9-7-29)18-5-4-15(10-19(18)33-22(24)32)27-20-11-17(26-14-2-3-14)21-25-13-16(12-23)31(21)28-20/h4-5,10-11,13-14,26H,2-3,6-9H2,1H3,(H2,24,32)(H,27,28). The van der Waals surface area contributed by atoms with Crippen molar-refractivity contribution in [2.24, 2.45) is 5.73 Å². The highest BCUT2D eigenvalue weighted by atomic mass is 16.5. The third-order valence-corrected chi connectivity index (χ3v) is 5.81. The van der Waals surface area contributed by atoms with Crippen LogP contribution in [0.5, 0.6) is 5.75 Å². The molecule has 0 spiro atoms. The fourth-order valence-corrected chi connectivity index (χ4v) is 3.90. The Labute approximate surface area is 190 Å². The third-order valence-electron chi connectivity index (χ3n) is 5.81. The minimum atomic E-state index is -0.866. The summed E-state index contributed by atoms with van der Waals surface area (Å²) < 4.78 is 6.86. The van der Waals surface area contributed by atoms with Crippen molar-refractivity contribution in [2.75, 3.05) is 48.8 Å². The van der Waals surface area contributed by atoms with Crippen molar-refractivity contribution >= 4 is 34.6 Å². The second kappa shape index (κ2) is 8.48. The molecule has 0 radical (unpaired) electrons. The molecule has 1 saturated carbocycles. The minimum absolute atomic E-state index is 0.343. The van der Waals surface area contributed by atoms with E-state index in [1.54, 1.807) is 6.07 Å². The zero-order valence-electron chi connectivity index (χ0n) is 18.3. The number of nitrogens with zero attached hydrogens (tertiary/aromatic N) is 6. The zero-order valence-corrected chi connectivity index (χ0v) is 18.3. The van der Waals surface area contributed by atoms with Crippen molar-refractivity contribution in [1.29, 1.82) is 5.26 Å². The molecule has 0 atom stereocenters. The number of nitriles is 1. The summed E-state index contributed by atoms with van der Waals surface area (Å²) >= 11 is 0. The number of benzene rings is 1. The molecule has 0 unspecified atom stereocenters. The van der Waals surface area contributed by atoms with Gasteiger partial charge in [-0.1, -0.05) is 0 Å². The first kappa shape index (κ1) is 20.8. The van der Waals surface area contributed by atoms with Gasteiger partial charge in [0.15, 0.2) is 22.9 Å². The maximum absolute atomic E-state index is 11.6. The summed E-state index contributed by atoms with van der Waals surface area (Å²) in [6.07, 6.45) is 2.85. The number of imidazole rings is 1. The van der Waals surface area contributed by atoms with Gasteiger partial charge in [0.2, 0.25) is 0 Å². The van der Waals surface area contributed by atoms with Gasteiger partial charge in [-0.3, -0.25) is 0 Å². The van der Waals surface area contributed by atoms with Gasteiger partial charge in [0.1, 0.15) is 6.07 Å². The van der Waals surface area contributed by atoms with E-state index in [9.17, 15) is 10.1 Å². The van der Waals surface area contributed by atoms with E-state index in [1.807, 2.05) is 18.2 Å². The summed E-state index contributed by atoms with van der Waals surface area (Å²) in [6.45, 7) is 3.49. The Bertz CT molecular complexity index is 1240. The summed E-state index contributed by atoms with van der Waals surface area (Å²) in [6, 6.07) is 9.94. The summed E-state index contributed by atoms with van der Waals surface area (Å²) in [7, 11) is 2.08. The fraction of sp³-hybridized carbons (Fsp3) is 0.364. The molecule has 2 fully saturated rings. The Morgan fingerprint density at radius 1 is 1.24 bits per heavy atom. The summed E-state index contributed by atoms with van der Waals surface area (Å²) in [5.74, 6) is 0.910. The molecule has 4 N–H and O–H groups in total. The van der Waals surface area contributed by atoms with Crippen molar-refractivity contribution in [2.45, 2.75) is 18.9 Å². The van der Waals surface area contributed by atoms with Gasteiger partial charge in [0.05, 0.1) is 17.6 Å². The first-order valence-electron chi connectivity index (χ1n) is 10.9. The number of likely N-dealkylation sites (N-methyl/N-ethyl adjacent to an activating group) is 1. The van der Waals surface area contributed by atoms with Crippen LogP contribution < -0.4 is 26.0 Å². The van der Waals surface area contributed by atoms with E-state index in [-0.39, 0.29) is 0 Å². The average Bonchev–Trinajstić information content (AvgIpc) is 3.50. The van der Waals surface area contributed by atoms with E-state index < -0.39 is 6.09 Å². The minimum Gasteiger partial charge on any atom is -0.408 e. The number of aromatic nitrogens is 3. The molecular formula is C22H25N9O2. The number of carbonyl (C=O) groups excluding carboxylic acids is 1. The lowest BCUT2D eigenvalue weighted by molar-refractivity contribution is 0.211. The molecule has 33 heavy (non-hydrogen) atoms. The predicted octanol–water partition coefficient (Wildman–Crippen LogP) is 2.13. The zero-order chi connectivity index (χ0) is 22.9. The molecule has 5 rings (SSSR count). The van der Waals surface area contributed by atoms with Crippen LogP contribution in [-0.2, 0) is 0 Å². The molecule has 11 nitrogen and oxygen atoms in total. The first-order valence-corrected chi connectivity index (χ1v) is 10.9. The molecule has 1 aromatic carbocycles. The molecule has 1 aliphatic heterocycles. The maximum atomic E-state index is 11.6. The molecule has 1 amide bonds. The smallest absolute Gasteiger partial charge is 0.408 e. The number of piperazine rings is 1. The highest BCUT2D eigenvalue weighted by molar-refractivity contribution is 5.77. The number of nitrogens with two attached hydrogens (primary N) is 1.